The molecular weight excluding hydrogens is 256 g/mol. The lowest BCUT2D eigenvalue weighted by Crippen LogP contribution is -2.18. The zero-order chi connectivity index (χ0) is 14.5. The standard InChI is InChI=1S/C16H26O2S/c1-5-8-14-10-11-16(15(12-14)9-6-2)19(17,18)13(4)7-3/h10-13H,5-9H2,1-4H3. The van der Waals surface area contributed by atoms with Crippen LogP contribution in [0.3, 0.4) is 0 Å². The van der Waals surface area contributed by atoms with Crippen molar-refractivity contribution in [3.8, 4) is 0 Å². The molecule has 0 bridgehead atoms. The first-order valence-corrected chi connectivity index (χ1v) is 8.87. The molecule has 1 aromatic carbocycles. The molecule has 1 unspecified atom stereocenters. The lowest BCUT2D eigenvalue weighted by molar-refractivity contribution is 0.579. The van der Waals surface area contributed by atoms with E-state index in [1.807, 2.05) is 19.1 Å². The van der Waals surface area contributed by atoms with Crippen LogP contribution in [0.25, 0.3) is 0 Å². The Balaban J connectivity index is 3.26. The Morgan fingerprint density at radius 3 is 2.21 bits per heavy atom. The van der Waals surface area contributed by atoms with Gasteiger partial charge in [-0.2, -0.15) is 0 Å². The fraction of sp³-hybridized carbons (Fsp3) is 0.625. The monoisotopic (exact) mass is 282 g/mol. The minimum absolute atomic E-state index is 0.305. The topological polar surface area (TPSA) is 34.1 Å². The Labute approximate surface area is 118 Å². The Kier molecular flexibility index (Phi) is 6.05. The molecule has 0 aliphatic carbocycles. The van der Waals surface area contributed by atoms with E-state index in [-0.39, 0.29) is 5.25 Å². The molecule has 0 aliphatic heterocycles. The average molecular weight is 282 g/mol. The van der Waals surface area contributed by atoms with Crippen molar-refractivity contribution < 1.29 is 8.42 Å². The van der Waals surface area contributed by atoms with Crippen molar-refractivity contribution in [2.75, 3.05) is 0 Å². The van der Waals surface area contributed by atoms with E-state index in [2.05, 4.69) is 19.9 Å². The van der Waals surface area contributed by atoms with E-state index in [0.29, 0.717) is 11.3 Å². The molecule has 0 heterocycles. The van der Waals surface area contributed by atoms with Gasteiger partial charge in [-0.05, 0) is 43.4 Å². The van der Waals surface area contributed by atoms with Crippen LogP contribution in [-0.4, -0.2) is 13.7 Å². The summed E-state index contributed by atoms with van der Waals surface area (Å²) in [5, 5.41) is -0.305. The molecule has 0 aliphatic rings. The van der Waals surface area contributed by atoms with E-state index in [1.165, 1.54) is 5.56 Å². The predicted molar refractivity (Wildman–Crippen MR) is 81.4 cm³/mol. The molecule has 0 saturated heterocycles. The first-order valence-electron chi connectivity index (χ1n) is 7.33. The third kappa shape index (κ3) is 3.82. The molecular formula is C16H26O2S. The van der Waals surface area contributed by atoms with Crippen LogP contribution in [0.2, 0.25) is 0 Å². The van der Waals surface area contributed by atoms with Crippen molar-refractivity contribution in [2.45, 2.75) is 69.9 Å². The van der Waals surface area contributed by atoms with Gasteiger partial charge < -0.3 is 0 Å². The fourth-order valence-corrected chi connectivity index (χ4v) is 3.91. The number of aryl methyl sites for hydroxylation is 2. The summed E-state index contributed by atoms with van der Waals surface area (Å²) in [7, 11) is -3.17. The van der Waals surface area contributed by atoms with Gasteiger partial charge in [-0.3, -0.25) is 0 Å². The molecule has 1 aromatic rings. The highest BCUT2D eigenvalue weighted by atomic mass is 32.2. The summed E-state index contributed by atoms with van der Waals surface area (Å²) in [4.78, 5) is 0.545. The van der Waals surface area contributed by atoms with Crippen molar-refractivity contribution in [1.29, 1.82) is 0 Å². The highest BCUT2D eigenvalue weighted by Gasteiger charge is 2.24. The first-order chi connectivity index (χ1) is 8.97. The van der Waals surface area contributed by atoms with Crippen LogP contribution in [0, 0.1) is 0 Å². The summed E-state index contributed by atoms with van der Waals surface area (Å²) in [5.41, 5.74) is 2.24. The van der Waals surface area contributed by atoms with Gasteiger partial charge in [0.15, 0.2) is 9.84 Å². The second kappa shape index (κ2) is 7.09. The van der Waals surface area contributed by atoms with Crippen LogP contribution in [0.5, 0.6) is 0 Å². The van der Waals surface area contributed by atoms with Gasteiger partial charge in [0, 0.05) is 0 Å². The van der Waals surface area contributed by atoms with Gasteiger partial charge in [0.05, 0.1) is 10.1 Å². The van der Waals surface area contributed by atoms with Crippen molar-refractivity contribution in [2.24, 2.45) is 0 Å². The average Bonchev–Trinajstić information content (AvgIpc) is 2.38. The largest absolute Gasteiger partial charge is 0.223 e. The van der Waals surface area contributed by atoms with Crippen LogP contribution in [0.15, 0.2) is 23.1 Å². The van der Waals surface area contributed by atoms with E-state index in [1.54, 1.807) is 6.92 Å². The molecule has 0 radical (unpaired) electrons. The molecule has 3 heteroatoms. The Morgan fingerprint density at radius 1 is 1.05 bits per heavy atom. The smallest absolute Gasteiger partial charge is 0.181 e. The lowest BCUT2D eigenvalue weighted by atomic mass is 10.0. The lowest BCUT2D eigenvalue weighted by Gasteiger charge is -2.15. The van der Waals surface area contributed by atoms with Crippen molar-refractivity contribution in [3.63, 3.8) is 0 Å². The van der Waals surface area contributed by atoms with Gasteiger partial charge in [0.1, 0.15) is 0 Å². The fourth-order valence-electron chi connectivity index (χ4n) is 2.26. The van der Waals surface area contributed by atoms with Crippen molar-refractivity contribution in [3.05, 3.63) is 29.3 Å². The summed E-state index contributed by atoms with van der Waals surface area (Å²) < 4.78 is 25.1. The minimum Gasteiger partial charge on any atom is -0.223 e. The normalized spacial score (nSPS) is 13.5. The number of sulfone groups is 1. The van der Waals surface area contributed by atoms with Crippen LogP contribution in [0.4, 0.5) is 0 Å². The van der Waals surface area contributed by atoms with Crippen LogP contribution >= 0.6 is 0 Å². The Hall–Kier alpha value is -0.830. The number of rotatable bonds is 7. The molecule has 108 valence electrons. The number of hydrogen-bond donors (Lipinski definition) is 0. The summed E-state index contributed by atoms with van der Waals surface area (Å²) in [6.45, 7) is 7.95. The SMILES string of the molecule is CCCc1ccc(S(=O)(=O)C(C)CC)c(CCC)c1. The highest BCUT2D eigenvalue weighted by molar-refractivity contribution is 7.92. The molecule has 0 amide bonds. The van der Waals surface area contributed by atoms with E-state index in [4.69, 9.17) is 0 Å². The maximum Gasteiger partial charge on any atom is 0.181 e. The van der Waals surface area contributed by atoms with E-state index in [9.17, 15) is 8.42 Å². The zero-order valence-electron chi connectivity index (χ0n) is 12.6. The van der Waals surface area contributed by atoms with Crippen LogP contribution < -0.4 is 0 Å². The highest BCUT2D eigenvalue weighted by Crippen LogP contribution is 2.25. The predicted octanol–water partition coefficient (Wildman–Crippen LogP) is 4.16. The van der Waals surface area contributed by atoms with Gasteiger partial charge in [-0.1, -0.05) is 45.7 Å². The van der Waals surface area contributed by atoms with Gasteiger partial charge in [0.25, 0.3) is 0 Å². The Bertz CT molecular complexity index is 503. The number of hydrogen-bond acceptors (Lipinski definition) is 2. The maximum atomic E-state index is 12.5. The molecule has 0 saturated carbocycles. The molecule has 1 atom stereocenters. The molecule has 0 N–H and O–H groups in total. The third-order valence-corrected chi connectivity index (χ3v) is 6.00. The molecule has 0 aromatic heterocycles. The summed E-state index contributed by atoms with van der Waals surface area (Å²) in [6, 6.07) is 5.87. The molecule has 0 spiro atoms. The van der Waals surface area contributed by atoms with Crippen LogP contribution in [-0.2, 0) is 22.7 Å². The third-order valence-electron chi connectivity index (χ3n) is 3.59. The second-order valence-corrected chi connectivity index (χ2v) is 7.54. The van der Waals surface area contributed by atoms with Gasteiger partial charge in [0.2, 0.25) is 0 Å². The summed E-state index contributed by atoms with van der Waals surface area (Å²) in [5.74, 6) is 0. The summed E-state index contributed by atoms with van der Waals surface area (Å²) in [6.07, 6.45) is 4.56. The number of benzene rings is 1. The molecule has 0 fully saturated rings. The molecule has 1 rings (SSSR count). The van der Waals surface area contributed by atoms with Crippen LogP contribution in [0.1, 0.15) is 58.1 Å². The van der Waals surface area contributed by atoms with Gasteiger partial charge in [-0.25, -0.2) is 8.42 Å². The first kappa shape index (κ1) is 16.2. The quantitative estimate of drug-likeness (QED) is 0.752. The minimum atomic E-state index is -3.17. The molecule has 2 nitrogen and oxygen atoms in total. The summed E-state index contributed by atoms with van der Waals surface area (Å²) >= 11 is 0. The molecule has 19 heavy (non-hydrogen) atoms. The van der Waals surface area contributed by atoms with E-state index in [0.717, 1.165) is 31.2 Å². The van der Waals surface area contributed by atoms with Gasteiger partial charge in [-0.15, -0.1) is 0 Å². The maximum absolute atomic E-state index is 12.5. The van der Waals surface area contributed by atoms with E-state index >= 15 is 0 Å². The zero-order valence-corrected chi connectivity index (χ0v) is 13.4. The van der Waals surface area contributed by atoms with Gasteiger partial charge >= 0.3 is 0 Å². The Morgan fingerprint density at radius 2 is 1.68 bits per heavy atom. The van der Waals surface area contributed by atoms with Crippen molar-refractivity contribution in [1.82, 2.24) is 0 Å². The van der Waals surface area contributed by atoms with Crippen molar-refractivity contribution >= 4 is 9.84 Å². The van der Waals surface area contributed by atoms with E-state index < -0.39 is 9.84 Å². The second-order valence-electron chi connectivity index (χ2n) is 5.21.